The number of aromatic nitrogens is 2. The minimum absolute atomic E-state index is 0.256. The number of hydrogen-bond acceptors (Lipinski definition) is 5. The van der Waals surface area contributed by atoms with Gasteiger partial charge in [0.15, 0.2) is 0 Å². The van der Waals surface area contributed by atoms with Crippen LogP contribution in [0.4, 0.5) is 0 Å². The van der Waals surface area contributed by atoms with Crippen molar-refractivity contribution in [2.75, 3.05) is 19.6 Å². The summed E-state index contributed by atoms with van der Waals surface area (Å²) in [5, 5.41) is 12.0. The van der Waals surface area contributed by atoms with E-state index in [0.29, 0.717) is 12.3 Å². The third-order valence-corrected chi connectivity index (χ3v) is 2.75. The Hall–Kier alpha value is -1.43. The lowest BCUT2D eigenvalue weighted by molar-refractivity contribution is 0.0680. The summed E-state index contributed by atoms with van der Waals surface area (Å²) in [6.45, 7) is 3.08. The van der Waals surface area contributed by atoms with E-state index in [9.17, 15) is 4.79 Å². The lowest BCUT2D eigenvalue weighted by Crippen LogP contribution is -2.31. The van der Waals surface area contributed by atoms with Gasteiger partial charge in [-0.25, -0.2) is 4.79 Å². The molecule has 1 aliphatic rings. The third-order valence-electron chi connectivity index (χ3n) is 2.75. The standard InChI is InChI=1S/C10H15N3O3/c14-10(15)9-11-8(16-12-9)4-7-13-5-2-1-3-6-13/h1-7H2,(H,14,15). The quantitative estimate of drug-likeness (QED) is 0.816. The van der Waals surface area contributed by atoms with Crippen molar-refractivity contribution in [1.29, 1.82) is 0 Å². The van der Waals surface area contributed by atoms with E-state index in [4.69, 9.17) is 9.63 Å². The zero-order valence-corrected chi connectivity index (χ0v) is 9.06. The molecule has 0 amide bonds. The first-order valence-electron chi connectivity index (χ1n) is 5.54. The summed E-state index contributed by atoms with van der Waals surface area (Å²) in [6, 6.07) is 0. The maximum atomic E-state index is 10.5. The summed E-state index contributed by atoms with van der Waals surface area (Å²) in [4.78, 5) is 16.7. The highest BCUT2D eigenvalue weighted by Crippen LogP contribution is 2.09. The molecule has 6 heteroatoms. The van der Waals surface area contributed by atoms with Gasteiger partial charge < -0.3 is 14.5 Å². The van der Waals surface area contributed by atoms with Crippen molar-refractivity contribution in [3.05, 3.63) is 11.7 Å². The highest BCUT2D eigenvalue weighted by atomic mass is 16.5. The van der Waals surface area contributed by atoms with Gasteiger partial charge in [-0.2, -0.15) is 4.98 Å². The molecule has 0 saturated carbocycles. The lowest BCUT2D eigenvalue weighted by Gasteiger charge is -2.25. The first-order valence-corrected chi connectivity index (χ1v) is 5.54. The molecule has 1 aromatic heterocycles. The second kappa shape index (κ2) is 5.07. The van der Waals surface area contributed by atoms with Gasteiger partial charge in [0.05, 0.1) is 0 Å². The molecular formula is C10H15N3O3. The Balaban J connectivity index is 1.81. The van der Waals surface area contributed by atoms with Gasteiger partial charge >= 0.3 is 5.97 Å². The molecule has 0 atom stereocenters. The van der Waals surface area contributed by atoms with E-state index in [1.54, 1.807) is 0 Å². The fourth-order valence-electron chi connectivity index (χ4n) is 1.88. The molecule has 0 spiro atoms. The smallest absolute Gasteiger partial charge is 0.377 e. The molecule has 0 bridgehead atoms. The highest BCUT2D eigenvalue weighted by molar-refractivity contribution is 5.82. The average Bonchev–Trinajstić information content (AvgIpc) is 2.76. The average molecular weight is 225 g/mol. The van der Waals surface area contributed by atoms with Crippen LogP contribution in [0, 0.1) is 0 Å². The molecule has 1 aliphatic heterocycles. The molecule has 0 radical (unpaired) electrons. The van der Waals surface area contributed by atoms with Gasteiger partial charge in [0.25, 0.3) is 5.82 Å². The molecule has 2 heterocycles. The number of likely N-dealkylation sites (tertiary alicyclic amines) is 1. The molecule has 0 aromatic carbocycles. The van der Waals surface area contributed by atoms with Gasteiger partial charge in [0.1, 0.15) is 0 Å². The van der Waals surface area contributed by atoms with E-state index in [-0.39, 0.29) is 5.82 Å². The largest absolute Gasteiger partial charge is 0.475 e. The van der Waals surface area contributed by atoms with Crippen LogP contribution in [0.15, 0.2) is 4.52 Å². The minimum atomic E-state index is -1.15. The zero-order chi connectivity index (χ0) is 11.4. The fraction of sp³-hybridized carbons (Fsp3) is 0.700. The van der Waals surface area contributed by atoms with E-state index >= 15 is 0 Å². The number of rotatable bonds is 4. The van der Waals surface area contributed by atoms with Gasteiger partial charge in [0.2, 0.25) is 5.89 Å². The van der Waals surface area contributed by atoms with Gasteiger partial charge in [-0.15, -0.1) is 0 Å². The fourth-order valence-corrected chi connectivity index (χ4v) is 1.88. The molecule has 0 aliphatic carbocycles. The van der Waals surface area contributed by atoms with Crippen molar-refractivity contribution >= 4 is 5.97 Å². The summed E-state index contributed by atoms with van der Waals surface area (Å²) < 4.78 is 4.85. The molecule has 2 rings (SSSR count). The van der Waals surface area contributed by atoms with E-state index in [0.717, 1.165) is 19.6 Å². The second-order valence-electron chi connectivity index (χ2n) is 3.97. The first kappa shape index (κ1) is 11.1. The summed E-state index contributed by atoms with van der Waals surface area (Å²) in [6.07, 6.45) is 4.41. The van der Waals surface area contributed by atoms with Crippen LogP contribution >= 0.6 is 0 Å². The van der Waals surface area contributed by atoms with E-state index < -0.39 is 5.97 Å². The van der Waals surface area contributed by atoms with Crippen molar-refractivity contribution in [1.82, 2.24) is 15.0 Å². The number of piperidine rings is 1. The van der Waals surface area contributed by atoms with Crippen molar-refractivity contribution in [3.63, 3.8) is 0 Å². The molecule has 88 valence electrons. The van der Waals surface area contributed by atoms with Crippen LogP contribution in [0.2, 0.25) is 0 Å². The molecule has 1 aromatic rings. The lowest BCUT2D eigenvalue weighted by atomic mass is 10.1. The SMILES string of the molecule is O=C(O)c1noc(CCN2CCCCC2)n1. The van der Waals surface area contributed by atoms with Crippen molar-refractivity contribution in [2.24, 2.45) is 0 Å². The van der Waals surface area contributed by atoms with Crippen molar-refractivity contribution < 1.29 is 14.4 Å². The van der Waals surface area contributed by atoms with E-state index in [2.05, 4.69) is 15.0 Å². The predicted octanol–water partition coefficient (Wildman–Crippen LogP) is 0.796. The zero-order valence-electron chi connectivity index (χ0n) is 9.06. The molecule has 0 unspecified atom stereocenters. The second-order valence-corrected chi connectivity index (χ2v) is 3.97. The summed E-state index contributed by atoms with van der Waals surface area (Å²) in [7, 11) is 0. The summed E-state index contributed by atoms with van der Waals surface area (Å²) in [5.74, 6) is -0.996. The Bertz CT molecular complexity index is 358. The molecule has 6 nitrogen and oxygen atoms in total. The molecule has 1 saturated heterocycles. The molecular weight excluding hydrogens is 210 g/mol. The Labute approximate surface area is 93.2 Å². The summed E-state index contributed by atoms with van der Waals surface area (Å²) >= 11 is 0. The Morgan fingerprint density at radius 3 is 2.75 bits per heavy atom. The van der Waals surface area contributed by atoms with E-state index in [1.165, 1.54) is 19.3 Å². The topological polar surface area (TPSA) is 79.5 Å². The van der Waals surface area contributed by atoms with Gasteiger partial charge in [-0.3, -0.25) is 0 Å². The maximum absolute atomic E-state index is 10.5. The molecule has 1 fully saturated rings. The molecule has 1 N–H and O–H groups in total. The van der Waals surface area contributed by atoms with Crippen molar-refractivity contribution in [2.45, 2.75) is 25.7 Å². The number of nitrogens with zero attached hydrogens (tertiary/aromatic N) is 3. The van der Waals surface area contributed by atoms with Crippen molar-refractivity contribution in [3.8, 4) is 0 Å². The Kier molecular flexibility index (Phi) is 3.51. The van der Waals surface area contributed by atoms with Crippen LogP contribution in [-0.2, 0) is 6.42 Å². The molecule has 16 heavy (non-hydrogen) atoms. The normalized spacial score (nSPS) is 17.5. The minimum Gasteiger partial charge on any atom is -0.475 e. The van der Waals surface area contributed by atoms with Crippen LogP contribution in [0.5, 0.6) is 0 Å². The van der Waals surface area contributed by atoms with Crippen LogP contribution < -0.4 is 0 Å². The Morgan fingerprint density at radius 2 is 2.12 bits per heavy atom. The Morgan fingerprint density at radius 1 is 1.38 bits per heavy atom. The number of carbonyl (C=O) groups is 1. The number of carboxylic acids is 1. The van der Waals surface area contributed by atoms with Gasteiger partial charge in [-0.1, -0.05) is 6.42 Å². The van der Waals surface area contributed by atoms with Crippen LogP contribution in [0.3, 0.4) is 0 Å². The number of aromatic carboxylic acids is 1. The number of carboxylic acid groups (broad SMARTS) is 1. The number of hydrogen-bond donors (Lipinski definition) is 1. The maximum Gasteiger partial charge on any atom is 0.377 e. The van der Waals surface area contributed by atoms with Crippen LogP contribution in [0.25, 0.3) is 0 Å². The summed E-state index contributed by atoms with van der Waals surface area (Å²) in [5.41, 5.74) is 0. The van der Waals surface area contributed by atoms with Crippen LogP contribution in [-0.4, -0.2) is 45.8 Å². The van der Waals surface area contributed by atoms with Crippen LogP contribution in [0.1, 0.15) is 35.8 Å². The monoisotopic (exact) mass is 225 g/mol. The van der Waals surface area contributed by atoms with E-state index in [1.807, 2.05) is 0 Å². The predicted molar refractivity (Wildman–Crippen MR) is 55.3 cm³/mol. The third kappa shape index (κ3) is 2.79. The van der Waals surface area contributed by atoms with Gasteiger partial charge in [-0.05, 0) is 31.1 Å². The van der Waals surface area contributed by atoms with Gasteiger partial charge in [0, 0.05) is 13.0 Å². The first-order chi connectivity index (χ1) is 7.75. The highest BCUT2D eigenvalue weighted by Gasteiger charge is 2.15.